The summed E-state index contributed by atoms with van der Waals surface area (Å²) in [4.78, 5) is 13.5. The van der Waals surface area contributed by atoms with Gasteiger partial charge >= 0.3 is 0 Å². The highest BCUT2D eigenvalue weighted by Gasteiger charge is 2.28. The Hall–Kier alpha value is -0.410. The Morgan fingerprint density at radius 1 is 1.13 bits per heavy atom. The van der Waals surface area contributed by atoms with E-state index in [-0.39, 0.29) is 6.04 Å². The second kappa shape index (κ2) is 5.61. The quantitative estimate of drug-likeness (QED) is 0.549. The summed E-state index contributed by atoms with van der Waals surface area (Å²) >= 11 is 0. The first kappa shape index (κ1) is 11.1. The first-order chi connectivity index (χ1) is 7.42. The van der Waals surface area contributed by atoms with Crippen LogP contribution in [0.4, 0.5) is 0 Å². The van der Waals surface area contributed by atoms with Crippen molar-refractivity contribution in [3.8, 4) is 0 Å². The molecule has 0 bridgehead atoms. The topological polar surface area (TPSA) is 32.3 Å². The van der Waals surface area contributed by atoms with Crippen LogP contribution in [-0.4, -0.2) is 42.9 Å². The summed E-state index contributed by atoms with van der Waals surface area (Å²) in [6, 6.07) is 0.798. The van der Waals surface area contributed by atoms with Crippen molar-refractivity contribution in [2.45, 2.75) is 50.6 Å². The van der Waals surface area contributed by atoms with Crippen LogP contribution in [0.25, 0.3) is 0 Å². The molecule has 1 unspecified atom stereocenters. The highest BCUT2D eigenvalue weighted by molar-refractivity contribution is 5.58. The summed E-state index contributed by atoms with van der Waals surface area (Å²) in [5.41, 5.74) is 0. The van der Waals surface area contributed by atoms with E-state index in [1.165, 1.54) is 38.5 Å². The van der Waals surface area contributed by atoms with E-state index >= 15 is 0 Å². The normalized spacial score (nSPS) is 31.1. The predicted octanol–water partition coefficient (Wildman–Crippen LogP) is 1.18. The molecule has 0 aromatic heterocycles. The minimum Gasteiger partial charge on any atom is -0.313 e. The Bertz CT molecular complexity index is 200. The molecule has 86 valence electrons. The zero-order chi connectivity index (χ0) is 10.5. The van der Waals surface area contributed by atoms with Crippen LogP contribution in [-0.2, 0) is 4.79 Å². The van der Waals surface area contributed by atoms with E-state index in [9.17, 15) is 4.79 Å². The van der Waals surface area contributed by atoms with Crippen molar-refractivity contribution < 1.29 is 4.79 Å². The van der Waals surface area contributed by atoms with Crippen molar-refractivity contribution in [2.24, 2.45) is 0 Å². The van der Waals surface area contributed by atoms with Crippen LogP contribution in [0.5, 0.6) is 0 Å². The van der Waals surface area contributed by atoms with E-state index in [4.69, 9.17) is 0 Å². The summed E-state index contributed by atoms with van der Waals surface area (Å²) in [5, 5.41) is 3.30. The third-order valence-corrected chi connectivity index (χ3v) is 3.78. The Labute approximate surface area is 92.2 Å². The SMILES string of the molecule is O=CC1CNCCN1C1CCCCCC1. The zero-order valence-corrected chi connectivity index (χ0v) is 9.45. The average Bonchev–Trinajstić information content (AvgIpc) is 2.57. The lowest BCUT2D eigenvalue weighted by atomic mass is 10.0. The highest BCUT2D eigenvalue weighted by Crippen LogP contribution is 2.23. The van der Waals surface area contributed by atoms with Crippen molar-refractivity contribution in [3.63, 3.8) is 0 Å². The van der Waals surface area contributed by atoms with E-state index in [2.05, 4.69) is 10.2 Å². The molecule has 3 nitrogen and oxygen atoms in total. The number of piperazine rings is 1. The van der Waals surface area contributed by atoms with Gasteiger partial charge in [-0.1, -0.05) is 25.7 Å². The molecule has 0 amide bonds. The molecule has 0 spiro atoms. The van der Waals surface area contributed by atoms with Gasteiger partial charge in [-0.3, -0.25) is 4.90 Å². The molecule has 0 aromatic carbocycles. The fraction of sp³-hybridized carbons (Fsp3) is 0.917. The van der Waals surface area contributed by atoms with E-state index in [0.29, 0.717) is 6.04 Å². The summed E-state index contributed by atoms with van der Waals surface area (Å²) in [6.07, 6.45) is 9.18. The molecule has 3 heteroatoms. The first-order valence-corrected chi connectivity index (χ1v) is 6.33. The third kappa shape index (κ3) is 2.79. The Kier molecular flexibility index (Phi) is 4.15. The predicted molar refractivity (Wildman–Crippen MR) is 60.9 cm³/mol. The van der Waals surface area contributed by atoms with Crippen LogP contribution in [0, 0.1) is 0 Å². The molecule has 1 aliphatic carbocycles. The van der Waals surface area contributed by atoms with Gasteiger partial charge in [-0.2, -0.15) is 0 Å². The summed E-state index contributed by atoms with van der Waals surface area (Å²) in [6.45, 7) is 2.94. The van der Waals surface area contributed by atoms with E-state index in [1.54, 1.807) is 0 Å². The average molecular weight is 210 g/mol. The number of nitrogens with one attached hydrogen (secondary N) is 1. The van der Waals surface area contributed by atoms with Crippen molar-refractivity contribution >= 4 is 6.29 Å². The zero-order valence-electron chi connectivity index (χ0n) is 9.45. The molecule has 1 saturated heterocycles. The number of carbonyl (C=O) groups is 1. The maximum absolute atomic E-state index is 11.0. The van der Waals surface area contributed by atoms with Crippen LogP contribution in [0.2, 0.25) is 0 Å². The fourth-order valence-corrected chi connectivity index (χ4v) is 2.91. The van der Waals surface area contributed by atoms with Crippen molar-refractivity contribution in [3.05, 3.63) is 0 Å². The largest absolute Gasteiger partial charge is 0.313 e. The van der Waals surface area contributed by atoms with E-state index in [1.807, 2.05) is 0 Å². The lowest BCUT2D eigenvalue weighted by Gasteiger charge is -2.38. The van der Waals surface area contributed by atoms with Gasteiger partial charge in [-0.15, -0.1) is 0 Å². The lowest BCUT2D eigenvalue weighted by molar-refractivity contribution is -0.114. The van der Waals surface area contributed by atoms with E-state index < -0.39 is 0 Å². The van der Waals surface area contributed by atoms with Gasteiger partial charge in [0.2, 0.25) is 0 Å². The van der Waals surface area contributed by atoms with Crippen molar-refractivity contribution in [1.82, 2.24) is 10.2 Å². The highest BCUT2D eigenvalue weighted by atomic mass is 16.1. The van der Waals surface area contributed by atoms with Crippen LogP contribution < -0.4 is 5.32 Å². The Morgan fingerprint density at radius 3 is 2.53 bits per heavy atom. The maximum atomic E-state index is 11.0. The Morgan fingerprint density at radius 2 is 1.87 bits per heavy atom. The summed E-state index contributed by atoms with van der Waals surface area (Å²) < 4.78 is 0. The molecule has 15 heavy (non-hydrogen) atoms. The molecule has 1 N–H and O–H groups in total. The molecular weight excluding hydrogens is 188 g/mol. The molecule has 2 aliphatic rings. The summed E-state index contributed by atoms with van der Waals surface area (Å²) in [7, 11) is 0. The van der Waals surface area contributed by atoms with Crippen LogP contribution in [0.15, 0.2) is 0 Å². The van der Waals surface area contributed by atoms with Gasteiger partial charge < -0.3 is 10.1 Å². The molecule has 1 atom stereocenters. The van der Waals surface area contributed by atoms with Crippen molar-refractivity contribution in [1.29, 1.82) is 0 Å². The number of aldehydes is 1. The molecule has 1 saturated carbocycles. The molecule has 2 fully saturated rings. The van der Waals surface area contributed by atoms with Gasteiger partial charge in [0.1, 0.15) is 6.29 Å². The minimum atomic E-state index is 0.127. The van der Waals surface area contributed by atoms with Gasteiger partial charge in [-0.05, 0) is 12.8 Å². The number of carbonyl (C=O) groups excluding carboxylic acids is 1. The fourth-order valence-electron chi connectivity index (χ4n) is 2.91. The Balaban J connectivity index is 1.95. The molecule has 2 rings (SSSR count). The lowest BCUT2D eigenvalue weighted by Crippen LogP contribution is -2.55. The van der Waals surface area contributed by atoms with Gasteiger partial charge in [0.25, 0.3) is 0 Å². The number of nitrogens with zero attached hydrogens (tertiary/aromatic N) is 1. The standard InChI is InChI=1S/C12H22N2O/c15-10-12-9-13-7-8-14(12)11-5-3-1-2-4-6-11/h10-13H,1-9H2. The van der Waals surface area contributed by atoms with Gasteiger partial charge in [0, 0.05) is 25.7 Å². The number of hydrogen-bond donors (Lipinski definition) is 1. The van der Waals surface area contributed by atoms with E-state index in [0.717, 1.165) is 25.9 Å². The number of hydrogen-bond acceptors (Lipinski definition) is 3. The van der Waals surface area contributed by atoms with Gasteiger partial charge in [0.05, 0.1) is 6.04 Å². The second-order valence-electron chi connectivity index (χ2n) is 4.79. The van der Waals surface area contributed by atoms with Gasteiger partial charge in [-0.25, -0.2) is 0 Å². The third-order valence-electron chi connectivity index (χ3n) is 3.78. The maximum Gasteiger partial charge on any atom is 0.138 e. The molecule has 0 aromatic rings. The number of rotatable bonds is 2. The monoisotopic (exact) mass is 210 g/mol. The molecule has 1 aliphatic heterocycles. The summed E-state index contributed by atoms with van der Waals surface area (Å²) in [5.74, 6) is 0. The minimum absolute atomic E-state index is 0.127. The smallest absolute Gasteiger partial charge is 0.138 e. The van der Waals surface area contributed by atoms with Crippen molar-refractivity contribution in [2.75, 3.05) is 19.6 Å². The first-order valence-electron chi connectivity index (χ1n) is 6.33. The second-order valence-corrected chi connectivity index (χ2v) is 4.79. The van der Waals surface area contributed by atoms with Gasteiger partial charge in [0.15, 0.2) is 0 Å². The molecule has 0 radical (unpaired) electrons. The molecule has 1 heterocycles. The molecular formula is C12H22N2O. The van der Waals surface area contributed by atoms with Crippen LogP contribution in [0.3, 0.4) is 0 Å². The van der Waals surface area contributed by atoms with Crippen LogP contribution >= 0.6 is 0 Å². The van der Waals surface area contributed by atoms with Crippen LogP contribution in [0.1, 0.15) is 38.5 Å².